The molecule has 5 rings (SSSR count). The lowest BCUT2D eigenvalue weighted by atomic mass is 9.92. The number of piperidine rings is 1. The molecule has 2 atom stereocenters. The molecular formula is C22H24N4O2. The van der Waals surface area contributed by atoms with Crippen molar-refractivity contribution in [2.75, 3.05) is 13.1 Å². The summed E-state index contributed by atoms with van der Waals surface area (Å²) in [5, 5.41) is 2.27. The van der Waals surface area contributed by atoms with E-state index in [0.717, 1.165) is 41.7 Å². The Balaban J connectivity index is 1.41. The molecule has 4 aromatic rings. The minimum atomic E-state index is 0.207. The van der Waals surface area contributed by atoms with Gasteiger partial charge in [0.1, 0.15) is 11.4 Å². The van der Waals surface area contributed by atoms with Crippen LogP contribution in [-0.2, 0) is 11.2 Å². The van der Waals surface area contributed by atoms with Gasteiger partial charge in [-0.25, -0.2) is 4.98 Å². The number of fused-ring (bicyclic) bond motifs is 3. The van der Waals surface area contributed by atoms with Gasteiger partial charge in [0.15, 0.2) is 0 Å². The number of furan rings is 1. The molecule has 0 radical (unpaired) electrons. The maximum atomic E-state index is 12.8. The number of nitrogens with one attached hydrogen (secondary N) is 1. The third-order valence-corrected chi connectivity index (χ3v) is 6.05. The van der Waals surface area contributed by atoms with Crippen molar-refractivity contribution in [2.24, 2.45) is 5.92 Å². The molecule has 1 amide bonds. The minimum absolute atomic E-state index is 0.207. The highest BCUT2D eigenvalue weighted by Crippen LogP contribution is 2.34. The van der Waals surface area contributed by atoms with Gasteiger partial charge in [-0.05, 0) is 36.6 Å². The summed E-state index contributed by atoms with van der Waals surface area (Å²) in [6.07, 6.45) is 9.83. The molecule has 1 aliphatic heterocycles. The highest BCUT2D eigenvalue weighted by atomic mass is 16.3. The lowest BCUT2D eigenvalue weighted by Crippen LogP contribution is -2.43. The number of carbonyl (C=O) groups is 1. The fourth-order valence-electron chi connectivity index (χ4n) is 4.41. The molecule has 1 fully saturated rings. The van der Waals surface area contributed by atoms with E-state index in [0.29, 0.717) is 18.8 Å². The van der Waals surface area contributed by atoms with Crippen LogP contribution in [0.1, 0.15) is 31.6 Å². The zero-order valence-electron chi connectivity index (χ0n) is 16.0. The van der Waals surface area contributed by atoms with Crippen LogP contribution in [0.5, 0.6) is 0 Å². The number of hydrogen-bond donors (Lipinski definition) is 1. The van der Waals surface area contributed by atoms with Gasteiger partial charge in [-0.1, -0.05) is 6.92 Å². The van der Waals surface area contributed by atoms with Crippen LogP contribution in [0.4, 0.5) is 0 Å². The third-order valence-electron chi connectivity index (χ3n) is 6.05. The number of hydrogen-bond acceptors (Lipinski definition) is 3. The van der Waals surface area contributed by atoms with Gasteiger partial charge in [0.25, 0.3) is 0 Å². The maximum absolute atomic E-state index is 12.8. The molecule has 0 unspecified atom stereocenters. The van der Waals surface area contributed by atoms with Gasteiger partial charge in [0.05, 0.1) is 17.8 Å². The second-order valence-corrected chi connectivity index (χ2v) is 7.78. The Bertz CT molecular complexity index is 1110. The van der Waals surface area contributed by atoms with E-state index in [-0.39, 0.29) is 11.9 Å². The quantitative estimate of drug-likeness (QED) is 0.582. The number of nitrogens with zero attached hydrogens (tertiary/aromatic N) is 3. The van der Waals surface area contributed by atoms with Gasteiger partial charge in [-0.15, -0.1) is 0 Å². The fraction of sp³-hybridized carbons (Fsp3) is 0.364. The van der Waals surface area contributed by atoms with Gasteiger partial charge in [-0.3, -0.25) is 4.79 Å². The van der Waals surface area contributed by atoms with E-state index >= 15 is 0 Å². The standard InChI is InChI=1S/C22H24N4O2/c1-15-7-10-25(20(27)5-4-17-3-2-12-28-17)14-19(15)26-11-8-16-13-24-22-18(21(16)26)6-9-23-22/h2-3,6,8-9,11-13,15,19H,4-5,7,10,14H2,1H3,(H,23,24)/t15-,19+/m1/s1. The molecule has 5 heterocycles. The second kappa shape index (κ2) is 6.86. The number of pyridine rings is 1. The average molecular weight is 376 g/mol. The molecular weight excluding hydrogens is 352 g/mol. The number of carbonyl (C=O) groups excluding carboxylic acids is 1. The Morgan fingerprint density at radius 1 is 1.36 bits per heavy atom. The van der Waals surface area contributed by atoms with Gasteiger partial charge in [0, 0.05) is 55.3 Å². The number of aromatic nitrogens is 3. The fourth-order valence-corrected chi connectivity index (χ4v) is 4.41. The molecule has 0 saturated carbocycles. The Morgan fingerprint density at radius 2 is 2.29 bits per heavy atom. The first-order valence-corrected chi connectivity index (χ1v) is 9.93. The van der Waals surface area contributed by atoms with Gasteiger partial charge >= 0.3 is 0 Å². The predicted molar refractivity (Wildman–Crippen MR) is 108 cm³/mol. The Labute approximate surface area is 163 Å². The molecule has 144 valence electrons. The van der Waals surface area contributed by atoms with E-state index in [2.05, 4.69) is 39.8 Å². The summed E-state index contributed by atoms with van der Waals surface area (Å²) >= 11 is 0. The number of H-pyrrole nitrogens is 1. The summed E-state index contributed by atoms with van der Waals surface area (Å²) in [5.41, 5.74) is 2.11. The zero-order valence-corrected chi connectivity index (χ0v) is 16.0. The molecule has 0 bridgehead atoms. The van der Waals surface area contributed by atoms with Crippen molar-refractivity contribution in [2.45, 2.75) is 32.2 Å². The highest BCUT2D eigenvalue weighted by Gasteiger charge is 2.30. The van der Waals surface area contributed by atoms with Crippen LogP contribution >= 0.6 is 0 Å². The summed E-state index contributed by atoms with van der Waals surface area (Å²) in [6.45, 7) is 3.86. The first-order chi connectivity index (χ1) is 13.7. The first-order valence-electron chi connectivity index (χ1n) is 9.93. The van der Waals surface area contributed by atoms with Crippen molar-refractivity contribution < 1.29 is 9.21 Å². The molecule has 1 saturated heterocycles. The summed E-state index contributed by atoms with van der Waals surface area (Å²) in [7, 11) is 0. The third kappa shape index (κ3) is 2.89. The molecule has 0 spiro atoms. The van der Waals surface area contributed by atoms with Crippen molar-refractivity contribution in [1.82, 2.24) is 19.4 Å². The molecule has 0 aliphatic carbocycles. The van der Waals surface area contributed by atoms with Gasteiger partial charge in [0.2, 0.25) is 5.91 Å². The van der Waals surface area contributed by atoms with Crippen molar-refractivity contribution in [1.29, 1.82) is 0 Å². The monoisotopic (exact) mass is 376 g/mol. The summed E-state index contributed by atoms with van der Waals surface area (Å²) in [5.74, 6) is 1.58. The molecule has 0 aromatic carbocycles. The first kappa shape index (κ1) is 17.1. The number of amides is 1. The van der Waals surface area contributed by atoms with Crippen LogP contribution in [-0.4, -0.2) is 38.4 Å². The molecule has 6 nitrogen and oxygen atoms in total. The summed E-state index contributed by atoms with van der Waals surface area (Å²) in [4.78, 5) is 22.5. The van der Waals surface area contributed by atoms with E-state index in [1.54, 1.807) is 6.26 Å². The zero-order chi connectivity index (χ0) is 19.1. The van der Waals surface area contributed by atoms with Crippen LogP contribution in [0, 0.1) is 5.92 Å². The number of aromatic amines is 1. The van der Waals surface area contributed by atoms with E-state index in [4.69, 9.17) is 4.42 Å². The van der Waals surface area contributed by atoms with Crippen LogP contribution in [0.15, 0.2) is 53.5 Å². The second-order valence-electron chi connectivity index (χ2n) is 7.78. The largest absolute Gasteiger partial charge is 0.469 e. The lowest BCUT2D eigenvalue weighted by Gasteiger charge is -2.38. The summed E-state index contributed by atoms with van der Waals surface area (Å²) < 4.78 is 7.72. The van der Waals surface area contributed by atoms with E-state index in [1.165, 1.54) is 5.52 Å². The molecule has 1 aliphatic rings. The molecule has 6 heteroatoms. The van der Waals surface area contributed by atoms with E-state index in [1.807, 2.05) is 29.4 Å². The van der Waals surface area contributed by atoms with Gasteiger partial charge < -0.3 is 18.9 Å². The SMILES string of the molecule is C[C@@H]1CCN(C(=O)CCc2ccco2)C[C@@H]1n1ccc2cnc3[nH]ccc3c21. The van der Waals surface area contributed by atoms with Crippen LogP contribution in [0.25, 0.3) is 21.9 Å². The molecule has 28 heavy (non-hydrogen) atoms. The van der Waals surface area contributed by atoms with Crippen LogP contribution < -0.4 is 0 Å². The summed E-state index contributed by atoms with van der Waals surface area (Å²) in [6, 6.07) is 8.27. The maximum Gasteiger partial charge on any atom is 0.223 e. The molecule has 4 aromatic heterocycles. The van der Waals surface area contributed by atoms with E-state index < -0.39 is 0 Å². The average Bonchev–Trinajstić information content (AvgIpc) is 3.45. The van der Waals surface area contributed by atoms with Crippen molar-refractivity contribution in [3.8, 4) is 0 Å². The Hall–Kier alpha value is -3.02. The number of likely N-dealkylation sites (tertiary alicyclic amines) is 1. The van der Waals surface area contributed by atoms with Crippen LogP contribution in [0.3, 0.4) is 0 Å². The number of aryl methyl sites for hydroxylation is 1. The van der Waals surface area contributed by atoms with Crippen molar-refractivity contribution in [3.63, 3.8) is 0 Å². The topological polar surface area (TPSA) is 67.1 Å². The van der Waals surface area contributed by atoms with Gasteiger partial charge in [-0.2, -0.15) is 0 Å². The minimum Gasteiger partial charge on any atom is -0.469 e. The smallest absolute Gasteiger partial charge is 0.223 e. The lowest BCUT2D eigenvalue weighted by molar-refractivity contribution is -0.133. The normalized spacial score (nSPS) is 20.2. The Morgan fingerprint density at radius 3 is 3.14 bits per heavy atom. The highest BCUT2D eigenvalue weighted by molar-refractivity contribution is 6.02. The predicted octanol–water partition coefficient (Wildman–Crippen LogP) is 4.15. The van der Waals surface area contributed by atoms with Crippen molar-refractivity contribution >= 4 is 27.8 Å². The van der Waals surface area contributed by atoms with E-state index in [9.17, 15) is 4.79 Å². The van der Waals surface area contributed by atoms with Crippen LogP contribution in [0.2, 0.25) is 0 Å². The number of rotatable bonds is 4. The Kier molecular flexibility index (Phi) is 4.19. The van der Waals surface area contributed by atoms with Crippen molar-refractivity contribution in [3.05, 3.63) is 54.9 Å². The molecule has 1 N–H and O–H groups in total.